The molecular weight excluding hydrogens is 382 g/mol. The molecule has 2 aromatic rings. The zero-order chi connectivity index (χ0) is 21.7. The van der Waals surface area contributed by atoms with E-state index in [1.807, 2.05) is 50.2 Å². The molecule has 3 rings (SSSR count). The fourth-order valence-electron chi connectivity index (χ4n) is 3.67. The van der Waals surface area contributed by atoms with Gasteiger partial charge >= 0.3 is 5.97 Å². The van der Waals surface area contributed by atoms with Gasteiger partial charge in [-0.1, -0.05) is 18.2 Å². The van der Waals surface area contributed by atoms with Gasteiger partial charge in [0.15, 0.2) is 6.61 Å². The van der Waals surface area contributed by atoms with Crippen LogP contribution in [0.1, 0.15) is 22.5 Å². The highest BCUT2D eigenvalue weighted by Gasteiger charge is 2.25. The predicted octanol–water partition coefficient (Wildman–Crippen LogP) is 2.79. The number of hydrogen-bond acceptors (Lipinski definition) is 5. The Morgan fingerprint density at radius 2 is 2.03 bits per heavy atom. The maximum Gasteiger partial charge on any atom is 0.349 e. The summed E-state index contributed by atoms with van der Waals surface area (Å²) in [6.07, 6.45) is 2.28. The number of amides is 1. The van der Waals surface area contributed by atoms with E-state index < -0.39 is 12.6 Å². The highest BCUT2D eigenvalue weighted by Crippen LogP contribution is 2.27. The molecule has 2 heterocycles. The molecule has 1 aromatic heterocycles. The molecule has 30 heavy (non-hydrogen) atoms. The molecule has 0 bridgehead atoms. The number of esters is 1. The van der Waals surface area contributed by atoms with E-state index in [0.717, 1.165) is 34.6 Å². The molecule has 0 radical (unpaired) electrons. The van der Waals surface area contributed by atoms with Crippen molar-refractivity contribution in [2.45, 2.75) is 26.8 Å². The van der Waals surface area contributed by atoms with Crippen LogP contribution in [0.5, 0.6) is 0 Å². The minimum absolute atomic E-state index is 0.142. The number of methoxy groups -OCH3 is 1. The Balaban J connectivity index is 1.67. The lowest BCUT2D eigenvalue weighted by Crippen LogP contribution is -2.33. The third kappa shape index (κ3) is 4.44. The van der Waals surface area contributed by atoms with Crippen LogP contribution in [-0.4, -0.2) is 43.3 Å². The quantitative estimate of drug-likeness (QED) is 0.400. The van der Waals surface area contributed by atoms with Crippen LogP contribution in [0.3, 0.4) is 0 Å². The number of nitrogens with zero attached hydrogens (tertiary/aromatic N) is 3. The van der Waals surface area contributed by atoms with E-state index in [0.29, 0.717) is 19.7 Å². The predicted molar refractivity (Wildman–Crippen MR) is 113 cm³/mol. The molecule has 1 aliphatic rings. The van der Waals surface area contributed by atoms with Gasteiger partial charge in [-0.2, -0.15) is 5.26 Å². The zero-order valence-corrected chi connectivity index (χ0v) is 17.5. The van der Waals surface area contributed by atoms with Gasteiger partial charge in [-0.3, -0.25) is 4.79 Å². The van der Waals surface area contributed by atoms with Crippen molar-refractivity contribution in [2.75, 3.05) is 31.8 Å². The molecule has 156 valence electrons. The van der Waals surface area contributed by atoms with E-state index >= 15 is 0 Å². The number of fused-ring (bicyclic) bond motifs is 1. The van der Waals surface area contributed by atoms with Crippen molar-refractivity contribution in [3.63, 3.8) is 0 Å². The van der Waals surface area contributed by atoms with Crippen LogP contribution in [0, 0.1) is 25.2 Å². The lowest BCUT2D eigenvalue weighted by atomic mass is 10.1. The van der Waals surface area contributed by atoms with Gasteiger partial charge in [0.1, 0.15) is 11.6 Å². The number of ether oxygens (including phenoxy) is 2. The molecule has 0 spiro atoms. The summed E-state index contributed by atoms with van der Waals surface area (Å²) in [5.41, 5.74) is 4.49. The van der Waals surface area contributed by atoms with E-state index in [1.165, 1.54) is 6.08 Å². The van der Waals surface area contributed by atoms with Crippen molar-refractivity contribution in [3.8, 4) is 6.07 Å². The van der Waals surface area contributed by atoms with Crippen molar-refractivity contribution >= 4 is 23.6 Å². The van der Waals surface area contributed by atoms with Gasteiger partial charge in [-0.15, -0.1) is 0 Å². The molecule has 0 fully saturated rings. The minimum atomic E-state index is -0.806. The Kier molecular flexibility index (Phi) is 6.70. The molecule has 7 nitrogen and oxygen atoms in total. The standard InChI is InChI=1S/C23H25N3O4/c1-16-12-19(17(2)25(16)10-11-29-3)13-20(14-24)23(28)30-15-22(27)26-9-8-18-6-4-5-7-21(18)26/h4-7,12-13H,8-11,15H2,1-3H3/b20-13+. The summed E-state index contributed by atoms with van der Waals surface area (Å²) in [5.74, 6) is -1.11. The maximum atomic E-state index is 12.5. The summed E-state index contributed by atoms with van der Waals surface area (Å²) in [7, 11) is 1.64. The fourth-order valence-corrected chi connectivity index (χ4v) is 3.67. The first kappa shape index (κ1) is 21.3. The van der Waals surface area contributed by atoms with Crippen molar-refractivity contribution in [2.24, 2.45) is 0 Å². The molecule has 1 amide bonds. The summed E-state index contributed by atoms with van der Waals surface area (Å²) in [6, 6.07) is 11.5. The first-order valence-electron chi connectivity index (χ1n) is 9.79. The van der Waals surface area contributed by atoms with E-state index in [1.54, 1.807) is 12.0 Å². The van der Waals surface area contributed by atoms with Crippen molar-refractivity contribution < 1.29 is 19.1 Å². The van der Waals surface area contributed by atoms with Gasteiger partial charge in [0.2, 0.25) is 0 Å². The highest BCUT2D eigenvalue weighted by molar-refractivity contribution is 6.01. The average molecular weight is 407 g/mol. The maximum absolute atomic E-state index is 12.5. The Hall–Kier alpha value is -3.37. The van der Waals surface area contributed by atoms with E-state index in [2.05, 4.69) is 4.57 Å². The first-order chi connectivity index (χ1) is 14.5. The lowest BCUT2D eigenvalue weighted by Gasteiger charge is -2.17. The van der Waals surface area contributed by atoms with Crippen LogP contribution in [0.15, 0.2) is 35.9 Å². The van der Waals surface area contributed by atoms with Crippen molar-refractivity contribution in [3.05, 3.63) is 58.4 Å². The second-order valence-electron chi connectivity index (χ2n) is 7.14. The monoisotopic (exact) mass is 407 g/mol. The number of aromatic nitrogens is 1. The number of benzene rings is 1. The number of aryl methyl sites for hydroxylation is 1. The number of para-hydroxylation sites is 1. The number of rotatable bonds is 7. The lowest BCUT2D eigenvalue weighted by molar-refractivity contribution is -0.143. The third-order valence-corrected chi connectivity index (χ3v) is 5.29. The molecule has 0 aliphatic carbocycles. The largest absolute Gasteiger partial charge is 0.451 e. The Labute approximate surface area is 176 Å². The topological polar surface area (TPSA) is 84.6 Å². The SMILES string of the molecule is COCCn1c(C)cc(/C=C(\C#N)C(=O)OCC(=O)N2CCc3ccccc32)c1C. The fraction of sp³-hybridized carbons (Fsp3) is 0.348. The molecule has 0 saturated heterocycles. The van der Waals surface area contributed by atoms with Crippen LogP contribution >= 0.6 is 0 Å². The van der Waals surface area contributed by atoms with E-state index in [4.69, 9.17) is 9.47 Å². The van der Waals surface area contributed by atoms with Crippen molar-refractivity contribution in [1.29, 1.82) is 5.26 Å². The van der Waals surface area contributed by atoms with Gasteiger partial charge < -0.3 is 18.9 Å². The first-order valence-corrected chi connectivity index (χ1v) is 9.79. The zero-order valence-electron chi connectivity index (χ0n) is 17.5. The third-order valence-electron chi connectivity index (χ3n) is 5.29. The van der Waals surface area contributed by atoms with Crippen LogP contribution < -0.4 is 4.90 Å². The van der Waals surface area contributed by atoms with Gasteiger partial charge in [0.05, 0.1) is 6.61 Å². The van der Waals surface area contributed by atoms with Crippen molar-refractivity contribution in [1.82, 2.24) is 4.57 Å². The summed E-state index contributed by atoms with van der Waals surface area (Å²) < 4.78 is 12.3. The van der Waals surface area contributed by atoms with Crippen LogP contribution in [-0.2, 0) is 32.0 Å². The molecule has 0 atom stereocenters. The summed E-state index contributed by atoms with van der Waals surface area (Å²) in [4.78, 5) is 26.5. The molecule has 1 aliphatic heterocycles. The molecular formula is C23H25N3O4. The Morgan fingerprint density at radius 1 is 1.27 bits per heavy atom. The number of hydrogen-bond donors (Lipinski definition) is 0. The average Bonchev–Trinajstić information content (AvgIpc) is 3.29. The normalized spacial score (nSPS) is 13.1. The van der Waals surface area contributed by atoms with Crippen LogP contribution in [0.2, 0.25) is 0 Å². The number of anilines is 1. The number of carbonyl (C=O) groups excluding carboxylic acids is 2. The molecule has 0 unspecified atom stereocenters. The molecule has 7 heteroatoms. The minimum Gasteiger partial charge on any atom is -0.451 e. The smallest absolute Gasteiger partial charge is 0.349 e. The molecule has 1 aromatic carbocycles. The van der Waals surface area contributed by atoms with Gasteiger partial charge in [0, 0.05) is 37.3 Å². The second-order valence-corrected chi connectivity index (χ2v) is 7.14. The van der Waals surface area contributed by atoms with E-state index in [-0.39, 0.29) is 11.5 Å². The van der Waals surface area contributed by atoms with Gasteiger partial charge in [-0.25, -0.2) is 4.79 Å². The Morgan fingerprint density at radius 3 is 2.77 bits per heavy atom. The number of carbonyl (C=O) groups is 2. The molecule has 0 saturated carbocycles. The van der Waals surface area contributed by atoms with Gasteiger partial charge in [-0.05, 0) is 49.6 Å². The van der Waals surface area contributed by atoms with Gasteiger partial charge in [0.25, 0.3) is 5.91 Å². The summed E-state index contributed by atoms with van der Waals surface area (Å²) in [6.45, 7) is 5.28. The number of nitriles is 1. The van der Waals surface area contributed by atoms with Crippen LogP contribution in [0.4, 0.5) is 5.69 Å². The molecule has 0 N–H and O–H groups in total. The highest BCUT2D eigenvalue weighted by atomic mass is 16.5. The summed E-state index contributed by atoms with van der Waals surface area (Å²) in [5, 5.41) is 9.43. The summed E-state index contributed by atoms with van der Waals surface area (Å²) >= 11 is 0. The Bertz CT molecular complexity index is 1030. The van der Waals surface area contributed by atoms with E-state index in [9.17, 15) is 14.9 Å². The van der Waals surface area contributed by atoms with Crippen LogP contribution in [0.25, 0.3) is 6.08 Å². The second kappa shape index (κ2) is 9.42.